The Bertz CT molecular complexity index is 713. The molecule has 0 aliphatic carbocycles. The highest BCUT2D eigenvalue weighted by molar-refractivity contribution is 7.52. The molecule has 158 valence electrons. The summed E-state index contributed by atoms with van der Waals surface area (Å²) in [6, 6.07) is 1.15. The van der Waals surface area contributed by atoms with Crippen LogP contribution in [0.1, 0.15) is 53.7 Å². The lowest BCUT2D eigenvalue weighted by Gasteiger charge is -2.16. The molecule has 2 heterocycles. The van der Waals surface area contributed by atoms with Gasteiger partial charge < -0.3 is 24.7 Å². The molecule has 1 saturated heterocycles. The largest absolute Gasteiger partial charge is 0.388 e. The van der Waals surface area contributed by atoms with Crippen LogP contribution in [-0.4, -0.2) is 53.5 Å². The predicted molar refractivity (Wildman–Crippen MR) is 101 cm³/mol. The van der Waals surface area contributed by atoms with Gasteiger partial charge in [-0.05, 0) is 13.3 Å². The van der Waals surface area contributed by atoms with Gasteiger partial charge in [-0.25, -0.2) is 4.79 Å². The Morgan fingerprint density at radius 1 is 1.22 bits per heavy atom. The number of nitrogens with zero attached hydrogens (tertiary/aromatic N) is 1. The number of H-pyrrole nitrogens is 1. The molecule has 0 aromatic carbocycles. The molecule has 1 fully saturated rings. The van der Waals surface area contributed by atoms with Gasteiger partial charge in [-0.3, -0.25) is 18.9 Å². The van der Waals surface area contributed by atoms with Crippen molar-refractivity contribution in [2.24, 2.45) is 0 Å². The number of ether oxygens (including phenoxy) is 1. The third kappa shape index (κ3) is 8.08. The quantitative estimate of drug-likeness (QED) is 0.451. The van der Waals surface area contributed by atoms with E-state index in [0.29, 0.717) is 6.42 Å². The Balaban J connectivity index is 0.000000519. The first-order chi connectivity index (χ1) is 12.4. The molecule has 27 heavy (non-hydrogen) atoms. The molecule has 0 saturated carbocycles. The Kier molecular flexibility index (Phi) is 11.0. The number of aromatic amines is 1. The first kappa shape index (κ1) is 25.7. The van der Waals surface area contributed by atoms with Gasteiger partial charge in [0.05, 0.1) is 11.8 Å². The van der Waals surface area contributed by atoms with E-state index in [1.54, 1.807) is 20.8 Å². The van der Waals surface area contributed by atoms with Gasteiger partial charge in [0.2, 0.25) is 0 Å². The first-order valence-electron chi connectivity index (χ1n) is 8.78. The van der Waals surface area contributed by atoms with Gasteiger partial charge in [-0.15, -0.1) is 0 Å². The summed E-state index contributed by atoms with van der Waals surface area (Å²) in [5.41, 5.74) is -1.69. The summed E-state index contributed by atoms with van der Waals surface area (Å²) in [7, 11) is -3.76. The maximum Gasteiger partial charge on any atom is 0.330 e. The molecule has 11 heteroatoms. The second-order valence-electron chi connectivity index (χ2n) is 6.28. The summed E-state index contributed by atoms with van der Waals surface area (Å²) in [4.78, 5) is 41.1. The summed E-state index contributed by atoms with van der Waals surface area (Å²) >= 11 is 0. The van der Waals surface area contributed by atoms with E-state index < -0.39 is 49.0 Å². The number of rotatable bonds is 3. The van der Waals surface area contributed by atoms with E-state index in [9.17, 15) is 24.4 Å². The minimum absolute atomic E-state index is 0.484. The highest BCUT2D eigenvalue weighted by atomic mass is 31.2. The molecule has 5 atom stereocenters. The van der Waals surface area contributed by atoms with Crippen LogP contribution < -0.4 is 11.2 Å². The molecule has 0 amide bonds. The number of hydrogen-bond acceptors (Lipinski definition) is 6. The average molecular weight is 410 g/mol. The Morgan fingerprint density at radius 3 is 2.04 bits per heavy atom. The standard InChI is InChI=1S/C9H12N2O5.C4H11O3P.C3H8/c1-4-6(13)7(14)8(16-4)11-3-2-5(12)10-9(11)15;1-3-4(2)8(5,6)7;1-3-2/h2-4,6-8,13-14H,1H3,(H,10,12,15);4H,3H2,1-2H3,(H2,5,6,7);3H2,1-2H3/t4-,6-,7-,8-;;/m1../s1. The zero-order valence-electron chi connectivity index (χ0n) is 16.3. The minimum Gasteiger partial charge on any atom is -0.388 e. The van der Waals surface area contributed by atoms with Crippen LogP contribution in [-0.2, 0) is 9.30 Å². The molecule has 0 radical (unpaired) electrons. The van der Waals surface area contributed by atoms with Gasteiger partial charge in [-0.2, -0.15) is 0 Å². The molecule has 10 nitrogen and oxygen atoms in total. The summed E-state index contributed by atoms with van der Waals surface area (Å²) < 4.78 is 16.5. The topological polar surface area (TPSA) is 162 Å². The van der Waals surface area contributed by atoms with Crippen LogP contribution in [0.2, 0.25) is 0 Å². The van der Waals surface area contributed by atoms with Crippen molar-refractivity contribution >= 4 is 7.60 Å². The minimum atomic E-state index is -3.76. The highest BCUT2D eigenvalue weighted by Gasteiger charge is 2.41. The zero-order chi connectivity index (χ0) is 21.4. The lowest BCUT2D eigenvalue weighted by Crippen LogP contribution is -2.37. The Morgan fingerprint density at radius 2 is 1.74 bits per heavy atom. The molecule has 1 aromatic heterocycles. The summed E-state index contributed by atoms with van der Waals surface area (Å²) in [6.45, 7) is 9.13. The fraction of sp³-hybridized carbons (Fsp3) is 0.750. The SMILES string of the molecule is CCC.CCC(C)P(=O)(O)O.C[C@H]1O[C@@H](n2ccc(=O)[nH]c2=O)[C@H](O)[C@@H]1O. The van der Waals surface area contributed by atoms with Crippen molar-refractivity contribution in [1.29, 1.82) is 0 Å². The van der Waals surface area contributed by atoms with Crippen LogP contribution in [0.4, 0.5) is 0 Å². The molecule has 2 rings (SSSR count). The predicted octanol–water partition coefficient (Wildman–Crippen LogP) is 0.555. The Hall–Kier alpha value is -1.29. The first-order valence-corrected chi connectivity index (χ1v) is 10.5. The number of aliphatic hydroxyl groups is 2. The van der Waals surface area contributed by atoms with Crippen LogP contribution in [0, 0.1) is 0 Å². The van der Waals surface area contributed by atoms with E-state index in [1.165, 1.54) is 12.6 Å². The third-order valence-electron chi connectivity index (χ3n) is 3.77. The lowest BCUT2D eigenvalue weighted by atomic mass is 10.1. The monoisotopic (exact) mass is 410 g/mol. The maximum atomic E-state index is 11.4. The third-order valence-corrected chi connectivity index (χ3v) is 5.28. The van der Waals surface area contributed by atoms with Gasteiger partial charge in [0.25, 0.3) is 5.56 Å². The van der Waals surface area contributed by atoms with Crippen molar-refractivity contribution in [3.63, 3.8) is 0 Å². The van der Waals surface area contributed by atoms with Crippen LogP contribution >= 0.6 is 7.60 Å². The van der Waals surface area contributed by atoms with Crippen LogP contribution in [0.25, 0.3) is 0 Å². The Labute approximate surface area is 158 Å². The van der Waals surface area contributed by atoms with E-state index in [-0.39, 0.29) is 0 Å². The normalized spacial score (nSPS) is 25.7. The summed E-state index contributed by atoms with van der Waals surface area (Å²) in [5.74, 6) is 0. The van der Waals surface area contributed by atoms with E-state index in [2.05, 4.69) is 13.8 Å². The number of aliphatic hydroxyl groups excluding tert-OH is 2. The van der Waals surface area contributed by atoms with Gasteiger partial charge in [0.1, 0.15) is 12.2 Å². The van der Waals surface area contributed by atoms with Crippen LogP contribution in [0.5, 0.6) is 0 Å². The number of hydrogen-bond donors (Lipinski definition) is 5. The fourth-order valence-electron chi connectivity index (χ4n) is 1.92. The van der Waals surface area contributed by atoms with Crippen molar-refractivity contribution in [2.45, 2.75) is 77.7 Å². The second-order valence-corrected chi connectivity index (χ2v) is 8.34. The van der Waals surface area contributed by atoms with Crippen molar-refractivity contribution in [3.8, 4) is 0 Å². The molecule has 1 unspecified atom stereocenters. The molecule has 1 aliphatic rings. The number of nitrogens with one attached hydrogen (secondary N) is 1. The van der Waals surface area contributed by atoms with Gasteiger partial charge in [0, 0.05) is 12.3 Å². The van der Waals surface area contributed by atoms with E-state index in [0.717, 1.165) is 10.6 Å². The van der Waals surface area contributed by atoms with Crippen LogP contribution in [0.3, 0.4) is 0 Å². The second kappa shape index (κ2) is 11.5. The molecule has 0 spiro atoms. The van der Waals surface area contributed by atoms with Crippen molar-refractivity contribution < 1.29 is 29.3 Å². The van der Waals surface area contributed by atoms with Gasteiger partial charge in [0.15, 0.2) is 6.23 Å². The fourth-order valence-corrected chi connectivity index (χ4v) is 2.40. The van der Waals surface area contributed by atoms with Crippen LogP contribution in [0.15, 0.2) is 21.9 Å². The zero-order valence-corrected chi connectivity index (χ0v) is 17.2. The molecular formula is C16H31N2O8P. The van der Waals surface area contributed by atoms with E-state index >= 15 is 0 Å². The smallest absolute Gasteiger partial charge is 0.330 e. The molecule has 5 N–H and O–H groups in total. The summed E-state index contributed by atoms with van der Waals surface area (Å²) in [6.07, 6.45) is -0.792. The van der Waals surface area contributed by atoms with Gasteiger partial charge >= 0.3 is 13.3 Å². The molecular weight excluding hydrogens is 379 g/mol. The van der Waals surface area contributed by atoms with Crippen molar-refractivity contribution in [1.82, 2.24) is 9.55 Å². The lowest BCUT2D eigenvalue weighted by molar-refractivity contribution is -0.0351. The molecule has 0 bridgehead atoms. The van der Waals surface area contributed by atoms with E-state index in [4.69, 9.17) is 14.5 Å². The molecule has 1 aromatic rings. The van der Waals surface area contributed by atoms with E-state index in [1.807, 2.05) is 4.98 Å². The van der Waals surface area contributed by atoms with Gasteiger partial charge in [-0.1, -0.05) is 34.1 Å². The van der Waals surface area contributed by atoms with Crippen molar-refractivity contribution in [2.75, 3.05) is 0 Å². The average Bonchev–Trinajstić information content (AvgIpc) is 2.82. The molecule has 1 aliphatic heterocycles. The summed E-state index contributed by atoms with van der Waals surface area (Å²) in [5, 5.41) is 19.1. The number of aromatic nitrogens is 2. The maximum absolute atomic E-state index is 11.4. The van der Waals surface area contributed by atoms with Crippen molar-refractivity contribution in [3.05, 3.63) is 33.1 Å². The highest BCUT2D eigenvalue weighted by Crippen LogP contribution is 2.42.